The van der Waals surface area contributed by atoms with Gasteiger partial charge in [0.15, 0.2) is 17.5 Å². The molecule has 5 heteroatoms. The number of hydrogen-bond acceptors (Lipinski definition) is 2. The molecule has 1 aliphatic rings. The van der Waals surface area contributed by atoms with Crippen LogP contribution < -0.4 is 5.32 Å². The molecule has 0 spiro atoms. The lowest BCUT2D eigenvalue weighted by molar-refractivity contribution is 0.0513. The Morgan fingerprint density at radius 1 is 1.05 bits per heavy atom. The van der Waals surface area contributed by atoms with Crippen LogP contribution in [0.25, 0.3) is 0 Å². The normalized spacial score (nSPS) is 17.4. The summed E-state index contributed by atoms with van der Waals surface area (Å²) in [5.74, 6) is -3.87. The van der Waals surface area contributed by atoms with Crippen LogP contribution in [0.1, 0.15) is 17.2 Å². The molecule has 1 atom stereocenters. The van der Waals surface area contributed by atoms with Crippen molar-refractivity contribution in [1.82, 2.24) is 0 Å². The number of ether oxygens (including phenoxy) is 1. The summed E-state index contributed by atoms with van der Waals surface area (Å²) in [5.41, 5.74) is 2.17. The van der Waals surface area contributed by atoms with Gasteiger partial charge in [0.25, 0.3) is 0 Å². The number of nitrogens with one attached hydrogen (secondary N) is 1. The molecule has 2 aromatic carbocycles. The zero-order valence-corrected chi connectivity index (χ0v) is 11.2. The number of rotatable bonds is 3. The molecule has 0 aliphatic carbocycles. The highest BCUT2D eigenvalue weighted by molar-refractivity contribution is 5.46. The number of fused-ring (bicyclic) bond motifs is 1. The van der Waals surface area contributed by atoms with E-state index in [1.54, 1.807) is 0 Å². The highest BCUT2D eigenvalue weighted by Crippen LogP contribution is 2.28. The van der Waals surface area contributed by atoms with Gasteiger partial charge in [0.1, 0.15) is 0 Å². The van der Waals surface area contributed by atoms with E-state index < -0.39 is 17.5 Å². The van der Waals surface area contributed by atoms with Gasteiger partial charge in [-0.05, 0) is 29.7 Å². The predicted molar refractivity (Wildman–Crippen MR) is 73.6 cm³/mol. The van der Waals surface area contributed by atoms with Gasteiger partial charge in [-0.3, -0.25) is 0 Å². The lowest BCUT2D eigenvalue weighted by atomic mass is 9.97. The lowest BCUT2D eigenvalue weighted by Crippen LogP contribution is -2.23. The molecule has 1 aliphatic heterocycles. The van der Waals surface area contributed by atoms with Crippen LogP contribution in [-0.4, -0.2) is 13.2 Å². The van der Waals surface area contributed by atoms with Crippen molar-refractivity contribution >= 4 is 5.69 Å². The summed E-state index contributed by atoms with van der Waals surface area (Å²) in [6.45, 7) is 0.878. The Morgan fingerprint density at radius 3 is 2.71 bits per heavy atom. The third kappa shape index (κ3) is 2.74. The van der Waals surface area contributed by atoms with Gasteiger partial charge in [-0.25, -0.2) is 13.2 Å². The minimum atomic E-state index is -1.47. The third-order valence-corrected chi connectivity index (χ3v) is 3.61. The molecule has 0 saturated heterocycles. The second kappa shape index (κ2) is 5.77. The zero-order chi connectivity index (χ0) is 14.8. The summed E-state index contributed by atoms with van der Waals surface area (Å²) in [6, 6.07) is 9.95. The van der Waals surface area contributed by atoms with Crippen molar-refractivity contribution in [1.29, 1.82) is 0 Å². The summed E-state index contributed by atoms with van der Waals surface area (Å²) in [5, 5.41) is 2.78. The van der Waals surface area contributed by atoms with Crippen molar-refractivity contribution in [2.75, 3.05) is 18.5 Å². The molecule has 1 heterocycles. The number of benzene rings is 2. The van der Waals surface area contributed by atoms with Crippen molar-refractivity contribution in [3.63, 3.8) is 0 Å². The van der Waals surface area contributed by atoms with Crippen LogP contribution >= 0.6 is 0 Å². The Bertz CT molecular complexity index is 660. The van der Waals surface area contributed by atoms with Gasteiger partial charge < -0.3 is 10.1 Å². The Kier molecular flexibility index (Phi) is 3.84. The average Bonchev–Trinajstić information content (AvgIpc) is 2.52. The van der Waals surface area contributed by atoms with Gasteiger partial charge in [-0.2, -0.15) is 0 Å². The van der Waals surface area contributed by atoms with E-state index in [9.17, 15) is 13.2 Å². The van der Waals surface area contributed by atoms with Crippen LogP contribution in [0.4, 0.5) is 18.9 Å². The van der Waals surface area contributed by atoms with Gasteiger partial charge >= 0.3 is 0 Å². The first-order chi connectivity index (χ1) is 10.2. The molecule has 2 aromatic rings. The van der Waals surface area contributed by atoms with E-state index in [1.165, 1.54) is 11.6 Å². The van der Waals surface area contributed by atoms with Crippen molar-refractivity contribution in [3.8, 4) is 0 Å². The van der Waals surface area contributed by atoms with Crippen LogP contribution in [0, 0.1) is 17.5 Å². The summed E-state index contributed by atoms with van der Waals surface area (Å²) in [7, 11) is 0. The van der Waals surface area contributed by atoms with E-state index in [-0.39, 0.29) is 11.8 Å². The SMILES string of the molecule is Fc1ccc(NCC2OCCc3ccccc32)c(F)c1F. The minimum Gasteiger partial charge on any atom is -0.380 e. The third-order valence-electron chi connectivity index (χ3n) is 3.61. The Labute approximate surface area is 120 Å². The summed E-state index contributed by atoms with van der Waals surface area (Å²) >= 11 is 0. The second-order valence-corrected chi connectivity index (χ2v) is 4.91. The molecular formula is C16H14F3NO. The highest BCUT2D eigenvalue weighted by Gasteiger charge is 2.21. The Morgan fingerprint density at radius 2 is 1.86 bits per heavy atom. The van der Waals surface area contributed by atoms with Crippen LogP contribution in [0.15, 0.2) is 36.4 Å². The van der Waals surface area contributed by atoms with Crippen LogP contribution in [0.2, 0.25) is 0 Å². The Hall–Kier alpha value is -2.01. The molecule has 0 fully saturated rings. The minimum absolute atomic E-state index is 0.0689. The fourth-order valence-corrected chi connectivity index (χ4v) is 2.51. The molecule has 110 valence electrons. The molecule has 2 nitrogen and oxygen atoms in total. The van der Waals surface area contributed by atoms with Crippen LogP contribution in [-0.2, 0) is 11.2 Å². The van der Waals surface area contributed by atoms with E-state index in [0.717, 1.165) is 18.1 Å². The molecule has 0 amide bonds. The highest BCUT2D eigenvalue weighted by atomic mass is 19.2. The van der Waals surface area contributed by atoms with E-state index in [4.69, 9.17) is 4.74 Å². The molecule has 1 unspecified atom stereocenters. The molecular weight excluding hydrogens is 279 g/mol. The van der Waals surface area contributed by atoms with Gasteiger partial charge in [0.05, 0.1) is 18.4 Å². The molecule has 0 bridgehead atoms. The molecule has 3 rings (SSSR count). The van der Waals surface area contributed by atoms with Gasteiger partial charge in [-0.15, -0.1) is 0 Å². The second-order valence-electron chi connectivity index (χ2n) is 4.91. The Balaban J connectivity index is 1.76. The standard InChI is InChI=1S/C16H14F3NO/c17-12-5-6-13(16(19)15(12)18)20-9-14-11-4-2-1-3-10(11)7-8-21-14/h1-6,14,20H,7-9H2. The fraction of sp³-hybridized carbons (Fsp3) is 0.250. The smallest absolute Gasteiger partial charge is 0.196 e. The molecule has 21 heavy (non-hydrogen) atoms. The summed E-state index contributed by atoms with van der Waals surface area (Å²) in [6.07, 6.45) is 0.606. The fourth-order valence-electron chi connectivity index (χ4n) is 2.51. The summed E-state index contributed by atoms with van der Waals surface area (Å²) in [4.78, 5) is 0. The predicted octanol–water partition coefficient (Wildman–Crippen LogP) is 3.83. The van der Waals surface area contributed by atoms with Gasteiger partial charge in [0.2, 0.25) is 0 Å². The van der Waals surface area contributed by atoms with Gasteiger partial charge in [-0.1, -0.05) is 24.3 Å². The van der Waals surface area contributed by atoms with Crippen molar-refractivity contribution < 1.29 is 17.9 Å². The van der Waals surface area contributed by atoms with E-state index in [0.29, 0.717) is 13.2 Å². The van der Waals surface area contributed by atoms with Gasteiger partial charge in [0, 0.05) is 6.54 Å². The monoisotopic (exact) mass is 293 g/mol. The topological polar surface area (TPSA) is 21.3 Å². The molecule has 0 aromatic heterocycles. The molecule has 1 N–H and O–H groups in total. The number of anilines is 1. The van der Waals surface area contributed by atoms with Crippen molar-refractivity contribution in [2.24, 2.45) is 0 Å². The van der Waals surface area contributed by atoms with Crippen LogP contribution in [0.3, 0.4) is 0 Å². The first-order valence-corrected chi connectivity index (χ1v) is 6.73. The first kappa shape index (κ1) is 13.9. The zero-order valence-electron chi connectivity index (χ0n) is 11.2. The van der Waals surface area contributed by atoms with Crippen LogP contribution in [0.5, 0.6) is 0 Å². The average molecular weight is 293 g/mol. The molecule has 0 radical (unpaired) electrons. The largest absolute Gasteiger partial charge is 0.380 e. The number of hydrogen-bond donors (Lipinski definition) is 1. The molecule has 0 saturated carbocycles. The van der Waals surface area contributed by atoms with Crippen molar-refractivity contribution in [2.45, 2.75) is 12.5 Å². The lowest BCUT2D eigenvalue weighted by Gasteiger charge is -2.26. The maximum atomic E-state index is 13.6. The summed E-state index contributed by atoms with van der Waals surface area (Å²) < 4.78 is 45.3. The maximum absolute atomic E-state index is 13.6. The first-order valence-electron chi connectivity index (χ1n) is 6.73. The maximum Gasteiger partial charge on any atom is 0.196 e. The van der Waals surface area contributed by atoms with E-state index in [2.05, 4.69) is 5.32 Å². The van der Waals surface area contributed by atoms with Crippen molar-refractivity contribution in [3.05, 3.63) is 65.0 Å². The quantitative estimate of drug-likeness (QED) is 0.868. The van der Waals surface area contributed by atoms with E-state index >= 15 is 0 Å². The number of halogens is 3. The van der Waals surface area contributed by atoms with E-state index in [1.807, 2.05) is 24.3 Å².